The fourth-order valence-electron chi connectivity index (χ4n) is 4.66. The minimum atomic E-state index is -0.224. The fourth-order valence-corrected chi connectivity index (χ4v) is 4.66. The van der Waals surface area contributed by atoms with Crippen molar-refractivity contribution < 1.29 is 18.8 Å². The zero-order chi connectivity index (χ0) is 25.4. The van der Waals surface area contributed by atoms with E-state index in [1.165, 1.54) is 62.5 Å². The molecule has 0 bridgehead atoms. The molecule has 0 spiro atoms. The summed E-state index contributed by atoms with van der Waals surface area (Å²) in [5, 5.41) is 0. The van der Waals surface area contributed by atoms with E-state index in [9.17, 15) is 4.79 Å². The van der Waals surface area contributed by atoms with Gasteiger partial charge in [-0.05, 0) is 37.0 Å². The molecular weight excluding hydrogens is 434 g/mol. The molecule has 0 aliphatic carbocycles. The number of benzene rings is 2. The summed E-state index contributed by atoms with van der Waals surface area (Å²) in [6, 6.07) is 18.3. The second kappa shape index (κ2) is 16.4. The van der Waals surface area contributed by atoms with Crippen LogP contribution in [0.5, 0.6) is 5.75 Å². The van der Waals surface area contributed by atoms with E-state index in [-0.39, 0.29) is 18.8 Å². The first-order valence-corrected chi connectivity index (χ1v) is 13.7. The summed E-state index contributed by atoms with van der Waals surface area (Å²) in [5.74, 6) is 0.543. The van der Waals surface area contributed by atoms with Gasteiger partial charge >= 0.3 is 5.97 Å². The third-order valence-electron chi connectivity index (χ3n) is 6.78. The highest BCUT2D eigenvalue weighted by Crippen LogP contribution is 2.20. The van der Waals surface area contributed by atoms with Crippen molar-refractivity contribution in [2.75, 3.05) is 20.9 Å². The number of hydrogen-bond donors (Lipinski definition) is 0. The molecule has 35 heavy (non-hydrogen) atoms. The third-order valence-corrected chi connectivity index (χ3v) is 6.78. The molecule has 0 aliphatic heterocycles. The number of quaternary nitrogens is 1. The number of aryl methyl sites for hydroxylation is 1. The zero-order valence-electron chi connectivity index (χ0n) is 22.6. The van der Waals surface area contributed by atoms with E-state index >= 15 is 0 Å². The SMILES string of the molecule is CCCCCCCCCCc1ccc(OCOC(=O)C(CCC)[N+](C)(C)Cc2ccccc2)cc1. The summed E-state index contributed by atoms with van der Waals surface area (Å²) in [5.41, 5.74) is 2.55. The Hall–Kier alpha value is -2.33. The first-order chi connectivity index (χ1) is 17.0. The van der Waals surface area contributed by atoms with Gasteiger partial charge in [-0.15, -0.1) is 0 Å². The number of carbonyl (C=O) groups is 1. The average molecular weight is 483 g/mol. The summed E-state index contributed by atoms with van der Waals surface area (Å²) in [6.45, 7) is 5.10. The van der Waals surface area contributed by atoms with Gasteiger partial charge in [-0.2, -0.15) is 0 Å². The van der Waals surface area contributed by atoms with Gasteiger partial charge in [-0.25, -0.2) is 4.79 Å². The molecule has 4 nitrogen and oxygen atoms in total. The van der Waals surface area contributed by atoms with E-state index in [0.29, 0.717) is 4.48 Å². The van der Waals surface area contributed by atoms with Crippen molar-refractivity contribution in [2.24, 2.45) is 0 Å². The smallest absolute Gasteiger partial charge is 0.367 e. The van der Waals surface area contributed by atoms with Crippen LogP contribution in [0.4, 0.5) is 0 Å². The summed E-state index contributed by atoms with van der Waals surface area (Å²) in [7, 11) is 4.20. The Morgan fingerprint density at radius 2 is 1.40 bits per heavy atom. The van der Waals surface area contributed by atoms with E-state index in [0.717, 1.165) is 31.6 Å². The fraction of sp³-hybridized carbons (Fsp3) is 0.581. The molecule has 1 atom stereocenters. The normalized spacial score (nSPS) is 12.3. The Kier molecular flexibility index (Phi) is 13.5. The molecule has 0 radical (unpaired) electrons. The van der Waals surface area contributed by atoms with Crippen LogP contribution >= 0.6 is 0 Å². The van der Waals surface area contributed by atoms with Crippen LogP contribution in [0.15, 0.2) is 54.6 Å². The van der Waals surface area contributed by atoms with Crippen LogP contribution in [-0.2, 0) is 22.5 Å². The monoisotopic (exact) mass is 482 g/mol. The Morgan fingerprint density at radius 3 is 2.03 bits per heavy atom. The number of hydrogen-bond acceptors (Lipinski definition) is 3. The Labute approximate surface area is 214 Å². The highest BCUT2D eigenvalue weighted by Gasteiger charge is 2.35. The molecule has 0 aliphatic rings. The van der Waals surface area contributed by atoms with Crippen molar-refractivity contribution in [2.45, 2.75) is 97.1 Å². The molecule has 4 heteroatoms. The van der Waals surface area contributed by atoms with Crippen molar-refractivity contribution in [3.8, 4) is 5.75 Å². The van der Waals surface area contributed by atoms with Crippen molar-refractivity contribution in [3.05, 3.63) is 65.7 Å². The number of ether oxygens (including phenoxy) is 2. The van der Waals surface area contributed by atoms with Crippen molar-refractivity contribution in [1.82, 2.24) is 0 Å². The largest absolute Gasteiger partial charge is 0.457 e. The second-order valence-corrected chi connectivity index (χ2v) is 10.3. The average Bonchev–Trinajstić information content (AvgIpc) is 2.85. The van der Waals surface area contributed by atoms with E-state index in [1.54, 1.807) is 0 Å². The first-order valence-electron chi connectivity index (χ1n) is 13.7. The molecular formula is C31H48NO3+. The van der Waals surface area contributed by atoms with Crippen molar-refractivity contribution in [1.29, 1.82) is 0 Å². The highest BCUT2D eigenvalue weighted by atomic mass is 16.7. The molecule has 2 aromatic carbocycles. The van der Waals surface area contributed by atoms with Crippen LogP contribution in [-0.4, -0.2) is 37.4 Å². The molecule has 0 fully saturated rings. The lowest BCUT2D eigenvalue weighted by Gasteiger charge is -2.36. The minimum Gasteiger partial charge on any atom is -0.457 e. The minimum absolute atomic E-state index is 0.0538. The molecule has 0 aromatic heterocycles. The molecule has 194 valence electrons. The number of esters is 1. The maximum absolute atomic E-state index is 12.9. The van der Waals surface area contributed by atoms with E-state index in [4.69, 9.17) is 9.47 Å². The number of unbranched alkanes of at least 4 members (excludes halogenated alkanes) is 7. The molecule has 0 amide bonds. The van der Waals surface area contributed by atoms with Gasteiger partial charge in [0, 0.05) is 12.0 Å². The standard InChI is InChI=1S/C31H48NO3/c1-5-7-8-9-10-11-12-14-18-27-21-23-29(24-22-27)34-26-35-31(33)30(17-6-2)32(3,4)25-28-19-15-13-16-20-28/h13,15-16,19-24,30H,5-12,14,17-18,25-26H2,1-4H3/q+1. The van der Waals surface area contributed by atoms with Crippen LogP contribution in [0.3, 0.4) is 0 Å². The third kappa shape index (κ3) is 11.3. The van der Waals surface area contributed by atoms with Gasteiger partial charge in [-0.3, -0.25) is 0 Å². The van der Waals surface area contributed by atoms with E-state index in [1.807, 2.05) is 30.3 Å². The van der Waals surface area contributed by atoms with Gasteiger partial charge in [-0.1, -0.05) is 101 Å². The van der Waals surface area contributed by atoms with Gasteiger partial charge in [0.15, 0.2) is 6.04 Å². The molecule has 2 rings (SSSR count). The lowest BCUT2D eigenvalue weighted by molar-refractivity contribution is -0.920. The first kappa shape index (κ1) is 28.9. The maximum atomic E-state index is 12.9. The Balaban J connectivity index is 1.72. The maximum Gasteiger partial charge on any atom is 0.367 e. The predicted molar refractivity (Wildman–Crippen MR) is 145 cm³/mol. The summed E-state index contributed by atoms with van der Waals surface area (Å²) in [4.78, 5) is 12.9. The Morgan fingerprint density at radius 1 is 0.771 bits per heavy atom. The van der Waals surface area contributed by atoms with Crippen LogP contribution in [0.2, 0.25) is 0 Å². The summed E-state index contributed by atoms with van der Waals surface area (Å²) < 4.78 is 11.9. The lowest BCUT2D eigenvalue weighted by atomic mass is 10.0. The molecule has 2 aromatic rings. The predicted octanol–water partition coefficient (Wildman–Crippen LogP) is 7.69. The number of carbonyl (C=O) groups excluding carboxylic acids is 1. The summed E-state index contributed by atoms with van der Waals surface area (Å²) >= 11 is 0. The summed E-state index contributed by atoms with van der Waals surface area (Å²) in [6.07, 6.45) is 13.5. The zero-order valence-corrected chi connectivity index (χ0v) is 22.6. The van der Waals surface area contributed by atoms with Gasteiger partial charge in [0.25, 0.3) is 0 Å². The Bertz CT molecular complexity index is 817. The molecule has 1 unspecified atom stereocenters. The van der Waals surface area contributed by atoms with Crippen LogP contribution in [0, 0.1) is 0 Å². The van der Waals surface area contributed by atoms with Crippen LogP contribution in [0.25, 0.3) is 0 Å². The highest BCUT2D eigenvalue weighted by molar-refractivity contribution is 5.74. The molecule has 0 heterocycles. The van der Waals surface area contributed by atoms with Gasteiger partial charge in [0.2, 0.25) is 6.79 Å². The number of likely N-dealkylation sites (N-methyl/N-ethyl adjacent to an activating group) is 1. The van der Waals surface area contributed by atoms with E-state index in [2.05, 4.69) is 52.2 Å². The van der Waals surface area contributed by atoms with Crippen LogP contribution in [0.1, 0.15) is 89.2 Å². The van der Waals surface area contributed by atoms with Crippen molar-refractivity contribution >= 4 is 5.97 Å². The van der Waals surface area contributed by atoms with Gasteiger partial charge < -0.3 is 14.0 Å². The number of nitrogens with zero attached hydrogens (tertiary/aromatic N) is 1. The van der Waals surface area contributed by atoms with E-state index < -0.39 is 0 Å². The van der Waals surface area contributed by atoms with Gasteiger partial charge in [0.1, 0.15) is 12.3 Å². The van der Waals surface area contributed by atoms with Crippen molar-refractivity contribution in [3.63, 3.8) is 0 Å². The quantitative estimate of drug-likeness (QED) is 0.0945. The topological polar surface area (TPSA) is 35.5 Å². The number of rotatable bonds is 18. The van der Waals surface area contributed by atoms with Crippen LogP contribution < -0.4 is 4.74 Å². The van der Waals surface area contributed by atoms with Gasteiger partial charge in [0.05, 0.1) is 14.1 Å². The lowest BCUT2D eigenvalue weighted by Crippen LogP contribution is -2.53. The molecule has 0 saturated heterocycles. The molecule has 0 N–H and O–H groups in total. The molecule has 0 saturated carbocycles. The second-order valence-electron chi connectivity index (χ2n) is 10.3.